The number of carbonyl (C=O) groups excluding carboxylic acids is 1. The summed E-state index contributed by atoms with van der Waals surface area (Å²) in [5.74, 6) is 5.85. The van der Waals surface area contributed by atoms with Crippen LogP contribution in [0.4, 0.5) is 5.82 Å². The average Bonchev–Trinajstić information content (AvgIpc) is 3.64. The predicted molar refractivity (Wildman–Crippen MR) is 138 cm³/mol. The molecule has 3 aliphatic carbocycles. The summed E-state index contributed by atoms with van der Waals surface area (Å²) in [5.41, 5.74) is 0. The Morgan fingerprint density at radius 1 is 0.912 bits per heavy atom. The molecule has 0 spiro atoms. The van der Waals surface area contributed by atoms with E-state index < -0.39 is 0 Å². The number of anilines is 1. The second kappa shape index (κ2) is 8.77. The van der Waals surface area contributed by atoms with Crippen molar-refractivity contribution in [3.63, 3.8) is 0 Å². The molecule has 2 aliphatic heterocycles. The van der Waals surface area contributed by atoms with Crippen molar-refractivity contribution in [2.24, 2.45) is 35.5 Å². The molecule has 2 saturated heterocycles. The summed E-state index contributed by atoms with van der Waals surface area (Å²) < 4.78 is 6.08. The predicted octanol–water partition coefficient (Wildman–Crippen LogP) is 4.73. The molecule has 1 amide bonds. The first kappa shape index (κ1) is 21.6. The van der Waals surface area contributed by atoms with E-state index in [9.17, 15) is 4.79 Å². The number of likely N-dealkylation sites (tertiary alicyclic amines) is 1. The number of aromatic nitrogens is 1. The quantitative estimate of drug-likeness (QED) is 0.623. The molecular weight excluding hydrogens is 440 g/mol. The van der Waals surface area contributed by atoms with Crippen LogP contribution in [-0.4, -0.2) is 65.9 Å². The van der Waals surface area contributed by atoms with Gasteiger partial charge in [-0.1, -0.05) is 25.0 Å². The Bertz CT molecular complexity index is 1050. The van der Waals surface area contributed by atoms with E-state index in [-0.39, 0.29) is 0 Å². The lowest BCUT2D eigenvalue weighted by atomic mass is 9.78. The van der Waals surface area contributed by atoms with Gasteiger partial charge in [-0.3, -0.25) is 9.69 Å². The van der Waals surface area contributed by atoms with Crippen molar-refractivity contribution in [2.45, 2.75) is 44.9 Å². The van der Waals surface area contributed by atoms with Gasteiger partial charge in [-0.25, -0.2) is 0 Å². The maximum atomic E-state index is 13.3. The molecule has 3 saturated carbocycles. The highest BCUT2D eigenvalue weighted by Crippen LogP contribution is 2.55. The number of rotatable bonds is 5. The zero-order chi connectivity index (χ0) is 22.6. The molecule has 2 aromatic rings. The summed E-state index contributed by atoms with van der Waals surface area (Å²) in [4.78, 5) is 20.8. The van der Waals surface area contributed by atoms with Crippen molar-refractivity contribution in [3.05, 3.63) is 24.3 Å². The summed E-state index contributed by atoms with van der Waals surface area (Å²) in [6.07, 6.45) is 9.45. The maximum absolute atomic E-state index is 13.3. The van der Waals surface area contributed by atoms with E-state index in [0.717, 1.165) is 57.0 Å². The fourth-order valence-corrected chi connectivity index (χ4v) is 9.20. The van der Waals surface area contributed by atoms with E-state index in [2.05, 4.69) is 39.0 Å². The maximum Gasteiger partial charge on any atom is 0.226 e. The summed E-state index contributed by atoms with van der Waals surface area (Å²) in [6, 6.07) is 8.63. The summed E-state index contributed by atoms with van der Waals surface area (Å²) in [6.45, 7) is 7.74. The molecule has 0 N–H and O–H groups in total. The average molecular weight is 479 g/mol. The number of hydrogen-bond acceptors (Lipinski definition) is 5. The molecule has 6 atom stereocenters. The van der Waals surface area contributed by atoms with Gasteiger partial charge in [0.15, 0.2) is 0 Å². The van der Waals surface area contributed by atoms with Crippen LogP contribution in [0.2, 0.25) is 0 Å². The Morgan fingerprint density at radius 3 is 2.50 bits per heavy atom. The van der Waals surface area contributed by atoms with Gasteiger partial charge in [0, 0.05) is 57.1 Å². The van der Waals surface area contributed by atoms with Gasteiger partial charge in [0.25, 0.3) is 0 Å². The SMILES string of the molecule is O=C1C2C3CCC(C3)C2CN1CC1CCCCC1CN1CCN(c2nsc3ccccc23)CC1. The van der Waals surface area contributed by atoms with Crippen LogP contribution < -0.4 is 4.90 Å². The molecule has 1 aromatic carbocycles. The van der Waals surface area contributed by atoms with Crippen molar-refractivity contribution >= 4 is 33.3 Å². The van der Waals surface area contributed by atoms with E-state index in [0.29, 0.717) is 23.7 Å². The van der Waals surface area contributed by atoms with Crippen LogP contribution in [0, 0.1) is 35.5 Å². The third-order valence-electron chi connectivity index (χ3n) is 10.2. The highest BCUT2D eigenvalue weighted by atomic mass is 32.1. The number of benzene rings is 1. The van der Waals surface area contributed by atoms with Crippen molar-refractivity contribution < 1.29 is 4.79 Å². The Labute approximate surface area is 207 Å². The van der Waals surface area contributed by atoms with E-state index >= 15 is 0 Å². The van der Waals surface area contributed by atoms with E-state index in [1.165, 1.54) is 67.4 Å². The van der Waals surface area contributed by atoms with E-state index in [1.807, 2.05) is 0 Å². The molecule has 0 radical (unpaired) electrons. The van der Waals surface area contributed by atoms with Gasteiger partial charge in [-0.2, -0.15) is 4.37 Å². The molecule has 182 valence electrons. The van der Waals surface area contributed by atoms with Gasteiger partial charge in [0.05, 0.1) is 4.70 Å². The Kier molecular flexibility index (Phi) is 5.58. The van der Waals surface area contributed by atoms with Gasteiger partial charge >= 0.3 is 0 Å². The molecule has 6 unspecified atom stereocenters. The summed E-state index contributed by atoms with van der Waals surface area (Å²) in [7, 11) is 0. The van der Waals surface area contributed by atoms with Crippen LogP contribution in [-0.2, 0) is 4.79 Å². The smallest absolute Gasteiger partial charge is 0.226 e. The highest BCUT2D eigenvalue weighted by molar-refractivity contribution is 7.13. The third kappa shape index (κ3) is 3.67. The van der Waals surface area contributed by atoms with Crippen molar-refractivity contribution in [1.82, 2.24) is 14.2 Å². The molecular formula is C28H38N4OS. The number of nitrogens with zero attached hydrogens (tertiary/aromatic N) is 4. The molecule has 1 aromatic heterocycles. The minimum absolute atomic E-state index is 0.399. The number of carbonyl (C=O) groups is 1. The molecule has 5 fully saturated rings. The number of hydrogen-bond donors (Lipinski definition) is 0. The first-order valence-corrected chi connectivity index (χ1v) is 14.6. The molecule has 34 heavy (non-hydrogen) atoms. The summed E-state index contributed by atoms with van der Waals surface area (Å²) in [5, 5.41) is 1.31. The van der Waals surface area contributed by atoms with Gasteiger partial charge in [0.2, 0.25) is 5.91 Å². The van der Waals surface area contributed by atoms with Crippen LogP contribution in [0.5, 0.6) is 0 Å². The minimum Gasteiger partial charge on any atom is -0.353 e. The van der Waals surface area contributed by atoms with Crippen LogP contribution in [0.15, 0.2) is 24.3 Å². The lowest BCUT2D eigenvalue weighted by molar-refractivity contribution is -0.133. The topological polar surface area (TPSA) is 39.7 Å². The monoisotopic (exact) mass is 478 g/mol. The van der Waals surface area contributed by atoms with Gasteiger partial charge in [-0.15, -0.1) is 0 Å². The lowest BCUT2D eigenvalue weighted by Gasteiger charge is -2.41. The van der Waals surface area contributed by atoms with Crippen molar-refractivity contribution in [1.29, 1.82) is 0 Å². The molecule has 2 bridgehead atoms. The fraction of sp³-hybridized carbons (Fsp3) is 0.714. The van der Waals surface area contributed by atoms with Crippen molar-refractivity contribution in [2.75, 3.05) is 50.7 Å². The molecule has 5 aliphatic rings. The fourth-order valence-electron chi connectivity index (χ4n) is 8.40. The number of piperazine rings is 1. The molecule has 5 nitrogen and oxygen atoms in total. The molecule has 3 heterocycles. The minimum atomic E-state index is 0.399. The van der Waals surface area contributed by atoms with Gasteiger partial charge < -0.3 is 9.80 Å². The van der Waals surface area contributed by atoms with E-state index in [4.69, 9.17) is 4.37 Å². The zero-order valence-electron chi connectivity index (χ0n) is 20.3. The first-order chi connectivity index (χ1) is 16.7. The number of amides is 1. The van der Waals surface area contributed by atoms with Crippen LogP contribution in [0.3, 0.4) is 0 Å². The number of fused-ring (bicyclic) bond motifs is 6. The lowest BCUT2D eigenvalue weighted by Crippen LogP contribution is -2.49. The molecule has 6 heteroatoms. The largest absolute Gasteiger partial charge is 0.353 e. The Morgan fingerprint density at radius 2 is 1.68 bits per heavy atom. The van der Waals surface area contributed by atoms with E-state index in [1.54, 1.807) is 11.5 Å². The van der Waals surface area contributed by atoms with Gasteiger partial charge in [0.1, 0.15) is 5.82 Å². The zero-order valence-corrected chi connectivity index (χ0v) is 21.1. The first-order valence-electron chi connectivity index (χ1n) is 13.8. The molecule has 7 rings (SSSR count). The van der Waals surface area contributed by atoms with Gasteiger partial charge in [-0.05, 0) is 85.4 Å². The Hall–Kier alpha value is -1.66. The standard InChI is InChI=1S/C28H38N4OS/c33-28-26-20-10-9-19(15-20)24(26)18-32(28)17-22-6-2-1-5-21(22)16-30-11-13-31(14-12-30)27-23-7-3-4-8-25(23)34-29-27/h3-4,7-8,19-22,24,26H,1-2,5-6,9-18H2. The highest BCUT2D eigenvalue weighted by Gasteiger charge is 2.56. The van der Waals surface area contributed by atoms with Crippen LogP contribution in [0.1, 0.15) is 44.9 Å². The summed E-state index contributed by atoms with van der Waals surface area (Å²) >= 11 is 1.62. The van der Waals surface area contributed by atoms with Crippen LogP contribution in [0.25, 0.3) is 10.1 Å². The normalized spacial score (nSPS) is 36.1. The van der Waals surface area contributed by atoms with Crippen molar-refractivity contribution in [3.8, 4) is 0 Å². The van der Waals surface area contributed by atoms with Crippen LogP contribution >= 0.6 is 11.5 Å². The Balaban J connectivity index is 0.967. The third-order valence-corrected chi connectivity index (χ3v) is 11.0. The second-order valence-electron chi connectivity index (χ2n) is 11.9. The second-order valence-corrected chi connectivity index (χ2v) is 12.7.